The van der Waals surface area contributed by atoms with Gasteiger partial charge in [-0.3, -0.25) is 0 Å². The Balaban J connectivity index is 3.07. The van der Waals surface area contributed by atoms with E-state index < -0.39 is 0 Å². The second kappa shape index (κ2) is 3.92. The van der Waals surface area contributed by atoms with E-state index >= 15 is 0 Å². The number of nitrogen functional groups attached to an aromatic ring is 1. The predicted molar refractivity (Wildman–Crippen MR) is 52.8 cm³/mol. The highest BCUT2D eigenvalue weighted by Gasteiger charge is 2.07. The lowest BCUT2D eigenvalue weighted by atomic mass is 10.0. The molecule has 0 bridgehead atoms. The summed E-state index contributed by atoms with van der Waals surface area (Å²) < 4.78 is 0. The first kappa shape index (κ1) is 9.56. The molecule has 3 heteroatoms. The van der Waals surface area contributed by atoms with Gasteiger partial charge >= 0.3 is 0 Å². The summed E-state index contributed by atoms with van der Waals surface area (Å²) in [6.45, 7) is 2.00. The van der Waals surface area contributed by atoms with Crippen molar-refractivity contribution in [1.82, 2.24) is 0 Å². The van der Waals surface area contributed by atoms with Crippen molar-refractivity contribution in [3.63, 3.8) is 0 Å². The van der Waals surface area contributed by atoms with Crippen LogP contribution in [-0.2, 0) is 0 Å². The van der Waals surface area contributed by atoms with Crippen molar-refractivity contribution < 1.29 is 0 Å². The molecule has 0 spiro atoms. The first-order valence-electron chi connectivity index (χ1n) is 4.24. The van der Waals surface area contributed by atoms with Gasteiger partial charge in [-0.1, -0.05) is 13.0 Å². The van der Waals surface area contributed by atoms with Crippen molar-refractivity contribution in [2.75, 3.05) is 5.73 Å². The molecule has 1 atom stereocenters. The Morgan fingerprint density at radius 1 is 1.54 bits per heavy atom. The van der Waals surface area contributed by atoms with E-state index in [-0.39, 0.29) is 6.04 Å². The molecule has 0 aromatic heterocycles. The van der Waals surface area contributed by atoms with E-state index in [2.05, 4.69) is 0 Å². The molecule has 0 saturated heterocycles. The van der Waals surface area contributed by atoms with Crippen LogP contribution >= 0.6 is 0 Å². The van der Waals surface area contributed by atoms with Gasteiger partial charge in [-0.15, -0.1) is 0 Å². The zero-order valence-corrected chi connectivity index (χ0v) is 7.62. The zero-order chi connectivity index (χ0) is 9.84. The summed E-state index contributed by atoms with van der Waals surface area (Å²) >= 11 is 0. The minimum absolute atomic E-state index is 0.0345. The molecule has 0 heterocycles. The van der Waals surface area contributed by atoms with Gasteiger partial charge in [-0.2, -0.15) is 5.26 Å². The van der Waals surface area contributed by atoms with Gasteiger partial charge in [0.2, 0.25) is 0 Å². The van der Waals surface area contributed by atoms with Crippen molar-refractivity contribution in [1.29, 1.82) is 5.26 Å². The van der Waals surface area contributed by atoms with E-state index in [1.54, 1.807) is 12.1 Å². The lowest BCUT2D eigenvalue weighted by Gasteiger charge is -2.11. The molecule has 1 aromatic rings. The first-order chi connectivity index (χ1) is 6.19. The SMILES string of the molecule is CCC(N)c1ccc(C#N)cc1N. The van der Waals surface area contributed by atoms with Crippen LogP contribution in [0.4, 0.5) is 5.69 Å². The van der Waals surface area contributed by atoms with Crippen LogP contribution in [0, 0.1) is 11.3 Å². The average molecular weight is 175 g/mol. The molecule has 1 aromatic carbocycles. The van der Waals surface area contributed by atoms with Crippen LogP contribution in [0.3, 0.4) is 0 Å². The van der Waals surface area contributed by atoms with E-state index in [1.165, 1.54) is 0 Å². The monoisotopic (exact) mass is 175 g/mol. The Kier molecular flexibility index (Phi) is 2.88. The molecule has 4 N–H and O–H groups in total. The van der Waals surface area contributed by atoms with Crippen molar-refractivity contribution in [2.45, 2.75) is 19.4 Å². The summed E-state index contributed by atoms with van der Waals surface area (Å²) in [7, 11) is 0. The maximum atomic E-state index is 8.61. The number of nitrogens with zero attached hydrogens (tertiary/aromatic N) is 1. The minimum Gasteiger partial charge on any atom is -0.398 e. The quantitative estimate of drug-likeness (QED) is 0.669. The normalized spacial score (nSPS) is 12.1. The van der Waals surface area contributed by atoms with E-state index in [0.717, 1.165) is 12.0 Å². The third-order valence-electron chi connectivity index (χ3n) is 2.06. The molecule has 0 aliphatic carbocycles. The number of benzene rings is 1. The topological polar surface area (TPSA) is 75.8 Å². The Morgan fingerprint density at radius 2 is 2.23 bits per heavy atom. The Hall–Kier alpha value is -1.53. The van der Waals surface area contributed by atoms with Crippen molar-refractivity contribution in [3.05, 3.63) is 29.3 Å². The van der Waals surface area contributed by atoms with Gasteiger partial charge in [0.05, 0.1) is 11.6 Å². The molecule has 0 fully saturated rings. The van der Waals surface area contributed by atoms with E-state index in [9.17, 15) is 0 Å². The lowest BCUT2D eigenvalue weighted by Crippen LogP contribution is -2.11. The minimum atomic E-state index is -0.0345. The van der Waals surface area contributed by atoms with Crippen LogP contribution in [0.25, 0.3) is 0 Å². The second-order valence-electron chi connectivity index (χ2n) is 2.97. The molecule has 0 radical (unpaired) electrons. The lowest BCUT2D eigenvalue weighted by molar-refractivity contribution is 0.701. The highest BCUT2D eigenvalue weighted by atomic mass is 14.7. The van der Waals surface area contributed by atoms with Crippen LogP contribution in [0.15, 0.2) is 18.2 Å². The largest absolute Gasteiger partial charge is 0.398 e. The van der Waals surface area contributed by atoms with Gasteiger partial charge in [0, 0.05) is 11.7 Å². The van der Waals surface area contributed by atoms with Crippen LogP contribution in [0.1, 0.15) is 30.5 Å². The fourth-order valence-corrected chi connectivity index (χ4v) is 1.20. The zero-order valence-electron chi connectivity index (χ0n) is 7.62. The number of nitriles is 1. The van der Waals surface area contributed by atoms with Crippen molar-refractivity contribution in [2.24, 2.45) is 5.73 Å². The van der Waals surface area contributed by atoms with Crippen LogP contribution in [0.5, 0.6) is 0 Å². The number of anilines is 1. The summed E-state index contributed by atoms with van der Waals surface area (Å²) in [4.78, 5) is 0. The highest BCUT2D eigenvalue weighted by molar-refractivity contribution is 5.53. The number of hydrogen-bond donors (Lipinski definition) is 2. The molecule has 1 unspecified atom stereocenters. The fraction of sp³-hybridized carbons (Fsp3) is 0.300. The van der Waals surface area contributed by atoms with Gasteiger partial charge < -0.3 is 11.5 Å². The molecule has 0 amide bonds. The summed E-state index contributed by atoms with van der Waals surface area (Å²) in [5.41, 5.74) is 13.7. The fourth-order valence-electron chi connectivity index (χ4n) is 1.20. The Bertz CT molecular complexity index is 339. The average Bonchev–Trinajstić information content (AvgIpc) is 2.16. The smallest absolute Gasteiger partial charge is 0.0992 e. The summed E-state index contributed by atoms with van der Waals surface area (Å²) in [5, 5.41) is 8.61. The maximum Gasteiger partial charge on any atom is 0.0992 e. The summed E-state index contributed by atoms with van der Waals surface area (Å²) in [6, 6.07) is 7.21. The summed E-state index contributed by atoms with van der Waals surface area (Å²) in [5.74, 6) is 0. The Morgan fingerprint density at radius 3 is 2.69 bits per heavy atom. The standard InChI is InChI=1S/C10H13N3/c1-2-9(12)8-4-3-7(6-11)5-10(8)13/h3-5,9H,2,12-13H2,1H3. The van der Waals surface area contributed by atoms with Gasteiger partial charge in [-0.25, -0.2) is 0 Å². The summed E-state index contributed by atoms with van der Waals surface area (Å²) in [6.07, 6.45) is 0.843. The number of rotatable bonds is 2. The molecule has 13 heavy (non-hydrogen) atoms. The molecule has 0 aliphatic heterocycles. The van der Waals surface area contributed by atoms with E-state index in [0.29, 0.717) is 11.3 Å². The molecular formula is C10H13N3. The van der Waals surface area contributed by atoms with Gasteiger partial charge in [-0.05, 0) is 24.1 Å². The molecular weight excluding hydrogens is 162 g/mol. The van der Waals surface area contributed by atoms with Crippen LogP contribution < -0.4 is 11.5 Å². The molecule has 68 valence electrons. The van der Waals surface area contributed by atoms with E-state index in [1.807, 2.05) is 19.1 Å². The third-order valence-corrected chi connectivity index (χ3v) is 2.06. The predicted octanol–water partition coefficient (Wildman–Crippen LogP) is 1.55. The second-order valence-corrected chi connectivity index (χ2v) is 2.97. The number of hydrogen-bond acceptors (Lipinski definition) is 3. The van der Waals surface area contributed by atoms with Gasteiger partial charge in [0.1, 0.15) is 0 Å². The first-order valence-corrected chi connectivity index (χ1v) is 4.24. The van der Waals surface area contributed by atoms with E-state index in [4.69, 9.17) is 16.7 Å². The number of nitrogens with two attached hydrogens (primary N) is 2. The molecule has 0 aliphatic rings. The van der Waals surface area contributed by atoms with Crippen LogP contribution in [0.2, 0.25) is 0 Å². The Labute approximate surface area is 78.0 Å². The van der Waals surface area contributed by atoms with Crippen molar-refractivity contribution >= 4 is 5.69 Å². The maximum absolute atomic E-state index is 8.61. The van der Waals surface area contributed by atoms with Gasteiger partial charge in [0.15, 0.2) is 0 Å². The van der Waals surface area contributed by atoms with Gasteiger partial charge in [0.25, 0.3) is 0 Å². The third kappa shape index (κ3) is 1.98. The van der Waals surface area contributed by atoms with Crippen LogP contribution in [-0.4, -0.2) is 0 Å². The molecule has 0 saturated carbocycles. The van der Waals surface area contributed by atoms with Crippen molar-refractivity contribution in [3.8, 4) is 6.07 Å². The molecule has 3 nitrogen and oxygen atoms in total. The molecule has 1 rings (SSSR count). The highest BCUT2D eigenvalue weighted by Crippen LogP contribution is 2.21.